The standard InChI is InChI=1S/C13H10BrClO3S/c1-17-7-3-4-10(18-2)8(5-7)12(16)11-6-9(15)13(14)19-11/h3-6H,1-2H3. The molecule has 3 nitrogen and oxygen atoms in total. The summed E-state index contributed by atoms with van der Waals surface area (Å²) in [5, 5.41) is 0.523. The Kier molecular flexibility index (Phi) is 4.50. The third-order valence-corrected chi connectivity index (χ3v) is 4.99. The molecule has 0 unspecified atom stereocenters. The number of thiophene rings is 1. The van der Waals surface area contributed by atoms with Crippen molar-refractivity contribution in [2.24, 2.45) is 0 Å². The van der Waals surface area contributed by atoms with Gasteiger partial charge in [-0.2, -0.15) is 0 Å². The van der Waals surface area contributed by atoms with Crippen molar-refractivity contribution < 1.29 is 14.3 Å². The van der Waals surface area contributed by atoms with E-state index in [1.54, 1.807) is 31.4 Å². The molecule has 1 aromatic carbocycles. The Morgan fingerprint density at radius 3 is 2.53 bits per heavy atom. The van der Waals surface area contributed by atoms with Crippen molar-refractivity contribution >= 4 is 44.7 Å². The fourth-order valence-electron chi connectivity index (χ4n) is 1.58. The van der Waals surface area contributed by atoms with Crippen molar-refractivity contribution in [2.75, 3.05) is 14.2 Å². The number of carbonyl (C=O) groups excluding carboxylic acids is 1. The lowest BCUT2D eigenvalue weighted by Gasteiger charge is -2.08. The molecule has 0 aliphatic rings. The van der Waals surface area contributed by atoms with Crippen LogP contribution in [0, 0.1) is 0 Å². The monoisotopic (exact) mass is 360 g/mol. The zero-order chi connectivity index (χ0) is 14.0. The van der Waals surface area contributed by atoms with Gasteiger partial charge in [0.15, 0.2) is 0 Å². The number of methoxy groups -OCH3 is 2. The van der Waals surface area contributed by atoms with Crippen LogP contribution < -0.4 is 9.47 Å². The normalized spacial score (nSPS) is 10.3. The molecule has 2 aromatic rings. The van der Waals surface area contributed by atoms with Gasteiger partial charge in [0, 0.05) is 0 Å². The average Bonchev–Trinajstić information content (AvgIpc) is 2.77. The molecule has 6 heteroatoms. The zero-order valence-corrected chi connectivity index (χ0v) is 13.4. The topological polar surface area (TPSA) is 35.5 Å². The zero-order valence-electron chi connectivity index (χ0n) is 10.2. The summed E-state index contributed by atoms with van der Waals surface area (Å²) in [6, 6.07) is 6.74. The van der Waals surface area contributed by atoms with Gasteiger partial charge in [-0.25, -0.2) is 0 Å². The van der Waals surface area contributed by atoms with E-state index in [1.165, 1.54) is 18.4 Å². The highest BCUT2D eigenvalue weighted by molar-refractivity contribution is 9.11. The molecule has 0 bridgehead atoms. The van der Waals surface area contributed by atoms with Crippen molar-refractivity contribution in [1.29, 1.82) is 0 Å². The van der Waals surface area contributed by atoms with E-state index in [2.05, 4.69) is 15.9 Å². The van der Waals surface area contributed by atoms with Crippen LogP contribution in [-0.2, 0) is 0 Å². The molecular formula is C13H10BrClO3S. The first-order valence-electron chi connectivity index (χ1n) is 5.28. The van der Waals surface area contributed by atoms with Crippen LogP contribution in [0.25, 0.3) is 0 Å². The summed E-state index contributed by atoms with van der Waals surface area (Å²) in [5.74, 6) is 0.964. The first kappa shape index (κ1) is 14.4. The number of hydrogen-bond donors (Lipinski definition) is 0. The van der Waals surface area contributed by atoms with E-state index in [-0.39, 0.29) is 5.78 Å². The van der Waals surface area contributed by atoms with Crippen LogP contribution in [0.3, 0.4) is 0 Å². The number of hydrogen-bond acceptors (Lipinski definition) is 4. The molecule has 100 valence electrons. The van der Waals surface area contributed by atoms with Gasteiger partial charge in [-0.3, -0.25) is 4.79 Å². The Labute approximate surface area is 128 Å². The van der Waals surface area contributed by atoms with Gasteiger partial charge < -0.3 is 9.47 Å². The SMILES string of the molecule is COc1ccc(OC)c(C(=O)c2cc(Cl)c(Br)s2)c1. The van der Waals surface area contributed by atoms with E-state index in [1.807, 2.05) is 0 Å². The van der Waals surface area contributed by atoms with E-state index in [0.717, 1.165) is 3.79 Å². The predicted octanol–water partition coefficient (Wildman–Crippen LogP) is 4.41. The number of benzene rings is 1. The molecule has 0 aliphatic heterocycles. The molecule has 0 aliphatic carbocycles. The van der Waals surface area contributed by atoms with Crippen molar-refractivity contribution in [3.05, 3.63) is 43.5 Å². The molecule has 1 aromatic heterocycles. The molecular weight excluding hydrogens is 352 g/mol. The summed E-state index contributed by atoms with van der Waals surface area (Å²) >= 11 is 10.5. The Hall–Kier alpha value is -1.04. The number of ketones is 1. The van der Waals surface area contributed by atoms with Gasteiger partial charge in [0.25, 0.3) is 0 Å². The second kappa shape index (κ2) is 5.94. The minimum absolute atomic E-state index is 0.145. The quantitative estimate of drug-likeness (QED) is 0.757. The molecule has 19 heavy (non-hydrogen) atoms. The maximum Gasteiger partial charge on any atom is 0.206 e. The largest absolute Gasteiger partial charge is 0.497 e. The molecule has 0 fully saturated rings. The van der Waals surface area contributed by atoms with Gasteiger partial charge >= 0.3 is 0 Å². The predicted molar refractivity (Wildman–Crippen MR) is 80.0 cm³/mol. The van der Waals surface area contributed by atoms with E-state index in [0.29, 0.717) is 27.0 Å². The molecule has 0 spiro atoms. The molecule has 0 saturated heterocycles. The van der Waals surface area contributed by atoms with Gasteiger partial charge in [0.05, 0.1) is 33.5 Å². The van der Waals surface area contributed by atoms with Crippen LogP contribution in [0.5, 0.6) is 11.5 Å². The van der Waals surface area contributed by atoms with Crippen molar-refractivity contribution in [1.82, 2.24) is 0 Å². The third kappa shape index (κ3) is 2.94. The van der Waals surface area contributed by atoms with Crippen molar-refractivity contribution in [3.63, 3.8) is 0 Å². The van der Waals surface area contributed by atoms with Crippen LogP contribution in [0.15, 0.2) is 28.1 Å². The Bertz CT molecular complexity index is 605. The summed E-state index contributed by atoms with van der Waals surface area (Å²) in [6.45, 7) is 0. The summed E-state index contributed by atoms with van der Waals surface area (Å²) in [6.07, 6.45) is 0. The highest BCUT2D eigenvalue weighted by atomic mass is 79.9. The van der Waals surface area contributed by atoms with Crippen molar-refractivity contribution in [2.45, 2.75) is 0 Å². The molecule has 0 saturated carbocycles. The van der Waals surface area contributed by atoms with Crippen LogP contribution in [0.4, 0.5) is 0 Å². The number of carbonyl (C=O) groups is 1. The first-order valence-corrected chi connectivity index (χ1v) is 7.27. The summed E-state index contributed by atoms with van der Waals surface area (Å²) in [5.41, 5.74) is 0.451. The fraction of sp³-hybridized carbons (Fsp3) is 0.154. The molecule has 0 amide bonds. The Morgan fingerprint density at radius 1 is 1.26 bits per heavy atom. The highest BCUT2D eigenvalue weighted by Crippen LogP contribution is 2.35. The summed E-state index contributed by atoms with van der Waals surface area (Å²) in [7, 11) is 3.07. The Balaban J connectivity index is 2.47. The van der Waals surface area contributed by atoms with Crippen LogP contribution in [-0.4, -0.2) is 20.0 Å². The first-order chi connectivity index (χ1) is 9.06. The summed E-state index contributed by atoms with van der Waals surface area (Å²) < 4.78 is 11.1. The van der Waals surface area contributed by atoms with Crippen LogP contribution in [0.1, 0.15) is 15.2 Å². The van der Waals surface area contributed by atoms with Gasteiger partial charge in [0.2, 0.25) is 5.78 Å². The maximum atomic E-state index is 12.5. The number of ether oxygens (including phenoxy) is 2. The molecule has 0 radical (unpaired) electrons. The second-order valence-electron chi connectivity index (χ2n) is 3.63. The average molecular weight is 362 g/mol. The highest BCUT2D eigenvalue weighted by Gasteiger charge is 2.19. The molecule has 2 rings (SSSR count). The smallest absolute Gasteiger partial charge is 0.206 e. The van der Waals surface area contributed by atoms with Crippen LogP contribution in [0.2, 0.25) is 5.02 Å². The third-order valence-electron chi connectivity index (χ3n) is 2.52. The minimum atomic E-state index is -0.145. The fourth-order valence-corrected chi connectivity index (χ4v) is 3.24. The van der Waals surface area contributed by atoms with E-state index in [9.17, 15) is 4.79 Å². The lowest BCUT2D eigenvalue weighted by molar-refractivity contribution is 0.103. The van der Waals surface area contributed by atoms with Gasteiger partial charge in [-0.15, -0.1) is 11.3 Å². The minimum Gasteiger partial charge on any atom is -0.497 e. The molecule has 0 atom stereocenters. The van der Waals surface area contributed by atoms with Crippen molar-refractivity contribution in [3.8, 4) is 11.5 Å². The van der Waals surface area contributed by atoms with E-state index in [4.69, 9.17) is 21.1 Å². The lowest BCUT2D eigenvalue weighted by Crippen LogP contribution is -2.02. The van der Waals surface area contributed by atoms with E-state index < -0.39 is 0 Å². The maximum absolute atomic E-state index is 12.5. The van der Waals surface area contributed by atoms with Gasteiger partial charge in [0.1, 0.15) is 11.5 Å². The lowest BCUT2D eigenvalue weighted by atomic mass is 10.1. The van der Waals surface area contributed by atoms with E-state index >= 15 is 0 Å². The van der Waals surface area contributed by atoms with Gasteiger partial charge in [-0.1, -0.05) is 11.6 Å². The van der Waals surface area contributed by atoms with Crippen LogP contribution >= 0.6 is 38.9 Å². The summed E-state index contributed by atoms with van der Waals surface area (Å²) in [4.78, 5) is 13.0. The van der Waals surface area contributed by atoms with Gasteiger partial charge in [-0.05, 0) is 40.2 Å². The number of halogens is 2. The second-order valence-corrected chi connectivity index (χ2v) is 6.40. The Morgan fingerprint density at radius 2 is 2.00 bits per heavy atom. The molecule has 0 N–H and O–H groups in total. The number of rotatable bonds is 4. The molecule has 1 heterocycles.